The molecule has 202 valence electrons. The molecule has 3 rings (SSSR count). The molecule has 0 heterocycles. The van der Waals surface area contributed by atoms with E-state index in [1.54, 1.807) is 62.4 Å². The Hall–Kier alpha value is -3.72. The van der Waals surface area contributed by atoms with Gasteiger partial charge in [0.25, 0.3) is 10.0 Å². The molecule has 2 amide bonds. The predicted octanol–water partition coefficient (Wildman–Crippen LogP) is 4.66. The molecule has 0 radical (unpaired) electrons. The molecular formula is C29H34FN3O4S. The number of aryl methyl sites for hydroxylation is 1. The molecule has 0 saturated heterocycles. The van der Waals surface area contributed by atoms with E-state index in [0.29, 0.717) is 11.3 Å². The number of nitrogens with zero attached hydrogens (tertiary/aromatic N) is 2. The molecule has 0 aromatic heterocycles. The van der Waals surface area contributed by atoms with Crippen LogP contribution < -0.4 is 9.62 Å². The highest BCUT2D eigenvalue weighted by atomic mass is 32.2. The predicted molar refractivity (Wildman–Crippen MR) is 146 cm³/mol. The Morgan fingerprint density at radius 1 is 0.921 bits per heavy atom. The number of nitrogens with one attached hydrogen (secondary N) is 1. The van der Waals surface area contributed by atoms with Crippen LogP contribution in [0.15, 0.2) is 83.8 Å². The van der Waals surface area contributed by atoms with Crippen LogP contribution in [0.3, 0.4) is 0 Å². The minimum Gasteiger partial charge on any atom is -0.350 e. The molecule has 1 N–H and O–H groups in total. The summed E-state index contributed by atoms with van der Waals surface area (Å²) >= 11 is 0. The second-order valence-electron chi connectivity index (χ2n) is 10.1. The van der Waals surface area contributed by atoms with Crippen molar-refractivity contribution in [2.75, 3.05) is 10.8 Å². The number of halogens is 1. The highest BCUT2D eigenvalue weighted by molar-refractivity contribution is 7.92. The third-order valence-electron chi connectivity index (χ3n) is 5.96. The van der Waals surface area contributed by atoms with Crippen molar-refractivity contribution in [2.24, 2.45) is 0 Å². The molecule has 0 bridgehead atoms. The van der Waals surface area contributed by atoms with Crippen LogP contribution >= 0.6 is 0 Å². The lowest BCUT2D eigenvalue weighted by molar-refractivity contribution is -0.140. The summed E-state index contributed by atoms with van der Waals surface area (Å²) in [6.45, 7) is 7.95. The van der Waals surface area contributed by atoms with E-state index in [0.717, 1.165) is 4.31 Å². The average Bonchev–Trinajstić information content (AvgIpc) is 2.86. The number of sulfonamides is 1. The Kier molecular flexibility index (Phi) is 8.93. The molecule has 38 heavy (non-hydrogen) atoms. The molecule has 1 atom stereocenters. The van der Waals surface area contributed by atoms with Gasteiger partial charge in [0.2, 0.25) is 11.8 Å². The first-order chi connectivity index (χ1) is 17.8. The van der Waals surface area contributed by atoms with Gasteiger partial charge in [0.15, 0.2) is 0 Å². The standard InChI is InChI=1S/C29H34FN3O4S/c1-21-13-9-12-18-26(21)33(38(36,37)24-15-7-6-8-16-24)20-27(34)32(19-23-14-10-11-17-25(23)30)22(2)28(35)31-29(3,4)5/h6-18,22H,19-20H2,1-5H3,(H,31,35)/t22-/m1/s1. The summed E-state index contributed by atoms with van der Waals surface area (Å²) in [5.41, 5.74) is 0.632. The lowest BCUT2D eigenvalue weighted by Crippen LogP contribution is -2.54. The van der Waals surface area contributed by atoms with E-state index in [9.17, 15) is 22.4 Å². The quantitative estimate of drug-likeness (QED) is 0.429. The first-order valence-electron chi connectivity index (χ1n) is 12.3. The van der Waals surface area contributed by atoms with Crippen LogP contribution in [0.4, 0.5) is 10.1 Å². The van der Waals surface area contributed by atoms with Gasteiger partial charge >= 0.3 is 0 Å². The SMILES string of the molecule is Cc1ccccc1N(CC(=O)N(Cc1ccccc1F)[C@H](C)C(=O)NC(C)(C)C)S(=O)(=O)c1ccccc1. The first-order valence-corrected chi connectivity index (χ1v) is 13.7. The zero-order chi connectivity index (χ0) is 28.1. The van der Waals surface area contributed by atoms with Crippen LogP contribution in [0, 0.1) is 12.7 Å². The minimum absolute atomic E-state index is 0.0234. The van der Waals surface area contributed by atoms with Crippen LogP contribution in [0.5, 0.6) is 0 Å². The largest absolute Gasteiger partial charge is 0.350 e. The molecule has 0 fully saturated rings. The van der Waals surface area contributed by atoms with E-state index in [-0.39, 0.29) is 17.0 Å². The van der Waals surface area contributed by atoms with E-state index in [1.807, 2.05) is 20.8 Å². The minimum atomic E-state index is -4.15. The molecule has 7 nitrogen and oxygen atoms in total. The Morgan fingerprint density at radius 2 is 1.50 bits per heavy atom. The molecule has 0 aliphatic rings. The van der Waals surface area contributed by atoms with E-state index < -0.39 is 45.8 Å². The summed E-state index contributed by atoms with van der Waals surface area (Å²) in [4.78, 5) is 28.2. The zero-order valence-corrected chi connectivity index (χ0v) is 23.1. The smallest absolute Gasteiger partial charge is 0.264 e. The van der Waals surface area contributed by atoms with Gasteiger partial charge in [-0.1, -0.05) is 54.6 Å². The number of carbonyl (C=O) groups is 2. The third kappa shape index (κ3) is 6.98. The van der Waals surface area contributed by atoms with Crippen molar-refractivity contribution in [3.8, 4) is 0 Å². The van der Waals surface area contributed by atoms with Gasteiger partial charge < -0.3 is 10.2 Å². The van der Waals surface area contributed by atoms with Crippen molar-refractivity contribution in [1.29, 1.82) is 0 Å². The second-order valence-corrected chi connectivity index (χ2v) is 12.0. The lowest BCUT2D eigenvalue weighted by Gasteiger charge is -2.33. The molecule has 0 aliphatic carbocycles. The van der Waals surface area contributed by atoms with Crippen molar-refractivity contribution < 1.29 is 22.4 Å². The van der Waals surface area contributed by atoms with Gasteiger partial charge in [-0.15, -0.1) is 0 Å². The maximum atomic E-state index is 14.6. The number of para-hydroxylation sites is 1. The summed E-state index contributed by atoms with van der Waals surface area (Å²) in [7, 11) is -4.15. The summed E-state index contributed by atoms with van der Waals surface area (Å²) in [5.74, 6) is -1.61. The van der Waals surface area contributed by atoms with Crippen LogP contribution in [-0.2, 0) is 26.2 Å². The summed E-state index contributed by atoms with van der Waals surface area (Å²) in [6.07, 6.45) is 0. The van der Waals surface area contributed by atoms with E-state index >= 15 is 0 Å². The van der Waals surface area contributed by atoms with Gasteiger partial charge in [0.05, 0.1) is 10.6 Å². The van der Waals surface area contributed by atoms with Gasteiger partial charge in [-0.2, -0.15) is 0 Å². The molecule has 0 unspecified atom stereocenters. The highest BCUT2D eigenvalue weighted by Gasteiger charge is 2.34. The monoisotopic (exact) mass is 539 g/mol. The average molecular weight is 540 g/mol. The van der Waals surface area contributed by atoms with E-state index in [4.69, 9.17) is 0 Å². The van der Waals surface area contributed by atoms with Crippen LogP contribution in [0.2, 0.25) is 0 Å². The van der Waals surface area contributed by atoms with Crippen LogP contribution in [0.1, 0.15) is 38.8 Å². The van der Waals surface area contributed by atoms with Crippen molar-refractivity contribution in [3.63, 3.8) is 0 Å². The Morgan fingerprint density at radius 3 is 2.11 bits per heavy atom. The maximum Gasteiger partial charge on any atom is 0.264 e. The molecule has 9 heteroatoms. The molecule has 0 saturated carbocycles. The number of benzene rings is 3. The van der Waals surface area contributed by atoms with Gasteiger partial charge in [0, 0.05) is 17.6 Å². The van der Waals surface area contributed by atoms with Crippen LogP contribution in [0.25, 0.3) is 0 Å². The molecule has 0 spiro atoms. The van der Waals surface area contributed by atoms with Gasteiger partial charge in [-0.05, 0) is 64.4 Å². The molecule has 3 aromatic carbocycles. The fourth-order valence-electron chi connectivity index (χ4n) is 3.94. The maximum absolute atomic E-state index is 14.6. The number of hydrogen-bond donors (Lipinski definition) is 1. The number of amides is 2. The number of rotatable bonds is 9. The van der Waals surface area contributed by atoms with Gasteiger partial charge in [-0.3, -0.25) is 13.9 Å². The lowest BCUT2D eigenvalue weighted by atomic mass is 10.1. The summed E-state index contributed by atoms with van der Waals surface area (Å²) < 4.78 is 43.2. The van der Waals surface area contributed by atoms with Crippen molar-refractivity contribution >= 4 is 27.5 Å². The Bertz CT molecular complexity index is 1390. The topological polar surface area (TPSA) is 86.8 Å². The van der Waals surface area contributed by atoms with Crippen molar-refractivity contribution in [2.45, 2.75) is 57.6 Å². The fourth-order valence-corrected chi connectivity index (χ4v) is 5.44. The second kappa shape index (κ2) is 11.8. The fraction of sp³-hybridized carbons (Fsp3) is 0.310. The normalized spacial score (nSPS) is 12.5. The van der Waals surface area contributed by atoms with E-state index in [1.165, 1.54) is 35.2 Å². The molecule has 3 aromatic rings. The summed E-state index contributed by atoms with van der Waals surface area (Å²) in [6, 6.07) is 19.7. The Balaban J connectivity index is 2.05. The Labute approximate surface area is 224 Å². The number of carbonyl (C=O) groups excluding carboxylic acids is 2. The van der Waals surface area contributed by atoms with E-state index in [2.05, 4.69) is 5.32 Å². The zero-order valence-electron chi connectivity index (χ0n) is 22.3. The highest BCUT2D eigenvalue weighted by Crippen LogP contribution is 2.27. The van der Waals surface area contributed by atoms with Crippen LogP contribution in [-0.4, -0.2) is 43.3 Å². The van der Waals surface area contributed by atoms with Gasteiger partial charge in [0.1, 0.15) is 18.4 Å². The van der Waals surface area contributed by atoms with Gasteiger partial charge in [-0.25, -0.2) is 12.8 Å². The molecule has 0 aliphatic heterocycles. The summed E-state index contributed by atoms with van der Waals surface area (Å²) in [5, 5.41) is 2.85. The third-order valence-corrected chi connectivity index (χ3v) is 7.73. The van der Waals surface area contributed by atoms with Crippen molar-refractivity contribution in [3.05, 3.63) is 95.8 Å². The first kappa shape index (κ1) is 28.8. The molecular weight excluding hydrogens is 505 g/mol. The number of anilines is 1. The van der Waals surface area contributed by atoms with Crippen molar-refractivity contribution in [1.82, 2.24) is 10.2 Å². The number of hydrogen-bond acceptors (Lipinski definition) is 4.